The summed E-state index contributed by atoms with van der Waals surface area (Å²) in [5.41, 5.74) is 0. The fourth-order valence-corrected chi connectivity index (χ4v) is 3.01. The van der Waals surface area contributed by atoms with E-state index in [-0.39, 0.29) is 48.9 Å². The molecule has 154 valence electrons. The van der Waals surface area contributed by atoms with E-state index < -0.39 is 0 Å². The van der Waals surface area contributed by atoms with Crippen LogP contribution < -0.4 is 9.80 Å². The predicted octanol–water partition coefficient (Wildman–Crippen LogP) is -3.50. The topological polar surface area (TPSA) is 64.3 Å². The average molecular weight is 516 g/mol. The van der Waals surface area contributed by atoms with Crippen molar-refractivity contribution >= 4 is 48.9 Å². The van der Waals surface area contributed by atoms with Gasteiger partial charge in [0.15, 0.2) is 0 Å². The Bertz CT molecular complexity index is 253. The molecule has 0 aromatic rings. The predicted molar refractivity (Wildman–Crippen MR) is 102 cm³/mol. The molecular weight excluding hydrogens is 478 g/mol. The molecule has 0 spiro atoms. The van der Waals surface area contributed by atoms with Crippen LogP contribution >= 0.6 is 0 Å². The monoisotopic (exact) mass is 516 g/mol. The van der Waals surface area contributed by atoms with Crippen molar-refractivity contribution in [2.45, 2.75) is 0 Å². The molecule has 3 fully saturated rings. The molecule has 0 saturated carbocycles. The fraction of sp³-hybridized carbons (Fsp3) is 1.00. The second-order valence-electron chi connectivity index (χ2n) is 6.67. The van der Waals surface area contributed by atoms with Gasteiger partial charge in [-0.25, -0.2) is 0 Å². The Morgan fingerprint density at radius 2 is 0.481 bits per heavy atom. The maximum absolute atomic E-state index is 5.73. The van der Waals surface area contributed by atoms with E-state index in [4.69, 9.17) is 28.4 Å². The standard InChI is InChI=1S/C18H36N2O6.Ba/c1-7-21-13-14-24-10-4-20-5-11-25-17-15-22-8-2-19(1)3-9-23-16-18-26-12-6-20;/h1-18H2;/q;+2/p+2. The minimum atomic E-state index is 0. The van der Waals surface area contributed by atoms with E-state index in [1.165, 1.54) is 9.80 Å². The minimum Gasteiger partial charge on any atom is -0.373 e. The van der Waals surface area contributed by atoms with E-state index in [0.717, 1.165) is 78.9 Å². The van der Waals surface area contributed by atoms with Crippen LogP contribution in [-0.2, 0) is 28.4 Å². The molecule has 0 aliphatic carbocycles. The maximum Gasteiger partial charge on any atom is 2.00 e. The van der Waals surface area contributed by atoms with Gasteiger partial charge in [0.25, 0.3) is 0 Å². The maximum atomic E-state index is 5.73. The van der Waals surface area contributed by atoms with Gasteiger partial charge in [-0.15, -0.1) is 0 Å². The van der Waals surface area contributed by atoms with Crippen LogP contribution in [0.4, 0.5) is 0 Å². The molecule has 0 amide bonds. The van der Waals surface area contributed by atoms with Gasteiger partial charge in [0.2, 0.25) is 0 Å². The zero-order valence-corrected chi connectivity index (χ0v) is 21.3. The van der Waals surface area contributed by atoms with Crippen molar-refractivity contribution in [1.82, 2.24) is 0 Å². The summed E-state index contributed by atoms with van der Waals surface area (Å²) in [6.07, 6.45) is 0. The Hall–Kier alpha value is 1.25. The fourth-order valence-electron chi connectivity index (χ4n) is 3.01. The Balaban J connectivity index is 0.00000364. The van der Waals surface area contributed by atoms with Gasteiger partial charge in [-0.1, -0.05) is 0 Å². The molecule has 0 atom stereocenters. The van der Waals surface area contributed by atoms with Crippen molar-refractivity contribution in [3.63, 3.8) is 0 Å². The van der Waals surface area contributed by atoms with Crippen molar-refractivity contribution in [3.8, 4) is 0 Å². The van der Waals surface area contributed by atoms with Gasteiger partial charge >= 0.3 is 48.9 Å². The molecule has 27 heavy (non-hydrogen) atoms. The van der Waals surface area contributed by atoms with Crippen LogP contribution in [0, 0.1) is 0 Å². The van der Waals surface area contributed by atoms with Gasteiger partial charge in [0.05, 0.1) is 79.3 Å². The molecule has 0 radical (unpaired) electrons. The van der Waals surface area contributed by atoms with Crippen LogP contribution in [0.5, 0.6) is 0 Å². The summed E-state index contributed by atoms with van der Waals surface area (Å²) in [6.45, 7) is 14.1. The number of fused-ring (bicyclic) bond motifs is 21. The Morgan fingerprint density at radius 3 is 0.667 bits per heavy atom. The zero-order chi connectivity index (χ0) is 18.1. The van der Waals surface area contributed by atoms with Gasteiger partial charge in [-0.05, 0) is 0 Å². The molecule has 3 rings (SSSR count). The van der Waals surface area contributed by atoms with Crippen molar-refractivity contribution in [1.29, 1.82) is 0 Å². The molecule has 3 aliphatic rings. The van der Waals surface area contributed by atoms with E-state index in [1.54, 1.807) is 0 Å². The van der Waals surface area contributed by atoms with Crippen molar-refractivity contribution in [2.75, 3.05) is 119 Å². The molecular formula is C18H38BaN2O6+4. The van der Waals surface area contributed by atoms with Gasteiger partial charge < -0.3 is 38.2 Å². The molecule has 0 unspecified atom stereocenters. The van der Waals surface area contributed by atoms with E-state index in [9.17, 15) is 0 Å². The van der Waals surface area contributed by atoms with Gasteiger partial charge in [-0.2, -0.15) is 0 Å². The third-order valence-corrected chi connectivity index (χ3v) is 4.72. The molecule has 3 aliphatic heterocycles. The summed E-state index contributed by atoms with van der Waals surface area (Å²) >= 11 is 0. The summed E-state index contributed by atoms with van der Waals surface area (Å²) in [4.78, 5) is 2.88. The quantitative estimate of drug-likeness (QED) is 0.327. The van der Waals surface area contributed by atoms with Crippen LogP contribution in [0.2, 0.25) is 0 Å². The summed E-state index contributed by atoms with van der Waals surface area (Å²) in [6, 6.07) is 0. The van der Waals surface area contributed by atoms with E-state index in [2.05, 4.69) is 0 Å². The van der Waals surface area contributed by atoms with Gasteiger partial charge in [0.1, 0.15) is 39.3 Å². The number of quaternary nitrogens is 2. The van der Waals surface area contributed by atoms with Gasteiger partial charge in [0, 0.05) is 0 Å². The number of rotatable bonds is 0. The van der Waals surface area contributed by atoms with Crippen LogP contribution in [-0.4, -0.2) is 167 Å². The van der Waals surface area contributed by atoms with Crippen LogP contribution in [0.25, 0.3) is 0 Å². The molecule has 9 heteroatoms. The van der Waals surface area contributed by atoms with Crippen molar-refractivity contribution in [2.24, 2.45) is 0 Å². The van der Waals surface area contributed by atoms with Crippen molar-refractivity contribution < 1.29 is 38.2 Å². The Kier molecular flexibility index (Phi) is 18.7. The smallest absolute Gasteiger partial charge is 0.373 e. The largest absolute Gasteiger partial charge is 2.00 e. The average Bonchev–Trinajstić information content (AvgIpc) is 2.65. The summed E-state index contributed by atoms with van der Waals surface area (Å²) in [5, 5.41) is 0. The van der Waals surface area contributed by atoms with Crippen LogP contribution in [0.15, 0.2) is 0 Å². The first-order valence-electron chi connectivity index (χ1n) is 10.1. The van der Waals surface area contributed by atoms with E-state index in [1.807, 2.05) is 0 Å². The molecule has 3 heterocycles. The normalized spacial score (nSPS) is 29.3. The third kappa shape index (κ3) is 14.8. The Labute approximate surface area is 204 Å². The van der Waals surface area contributed by atoms with Crippen LogP contribution in [0.3, 0.4) is 0 Å². The van der Waals surface area contributed by atoms with E-state index >= 15 is 0 Å². The number of nitrogens with one attached hydrogen (secondary N) is 2. The third-order valence-electron chi connectivity index (χ3n) is 4.72. The first-order valence-corrected chi connectivity index (χ1v) is 10.1. The zero-order valence-electron chi connectivity index (χ0n) is 16.9. The molecule has 0 aromatic heterocycles. The van der Waals surface area contributed by atoms with Gasteiger partial charge in [-0.3, -0.25) is 0 Å². The van der Waals surface area contributed by atoms with Crippen LogP contribution in [0.1, 0.15) is 0 Å². The van der Waals surface area contributed by atoms with Crippen molar-refractivity contribution in [3.05, 3.63) is 0 Å². The van der Waals surface area contributed by atoms with E-state index in [0.29, 0.717) is 39.6 Å². The SMILES string of the molecule is C1COCC[NH+]2CCOCCOCC[NH+](CCO1)CCOCCOCC2.[Ba+2]. The summed E-state index contributed by atoms with van der Waals surface area (Å²) < 4.78 is 34.4. The minimum absolute atomic E-state index is 0. The molecule has 0 aromatic carbocycles. The summed E-state index contributed by atoms with van der Waals surface area (Å²) in [5.74, 6) is 0. The first kappa shape index (κ1) is 26.3. The first-order chi connectivity index (χ1) is 12.9. The molecule has 8 nitrogen and oxygen atoms in total. The second-order valence-corrected chi connectivity index (χ2v) is 6.67. The second kappa shape index (κ2) is 19.2. The number of ether oxygens (including phenoxy) is 6. The number of hydrogen-bond acceptors (Lipinski definition) is 6. The molecule has 2 bridgehead atoms. The Morgan fingerprint density at radius 1 is 0.296 bits per heavy atom. The summed E-state index contributed by atoms with van der Waals surface area (Å²) in [7, 11) is 0. The number of hydrogen-bond donors (Lipinski definition) is 2. The molecule has 3 saturated heterocycles. The molecule has 2 N–H and O–H groups in total.